The van der Waals surface area contributed by atoms with Gasteiger partial charge in [0.25, 0.3) is 0 Å². The summed E-state index contributed by atoms with van der Waals surface area (Å²) in [5.41, 5.74) is 1.59. The van der Waals surface area contributed by atoms with Gasteiger partial charge < -0.3 is 10.1 Å². The lowest BCUT2D eigenvalue weighted by molar-refractivity contribution is -0.131. The molecular formula is C9H12N2O2. The first-order valence-corrected chi connectivity index (χ1v) is 4.10. The third kappa shape index (κ3) is 2.43. The number of carboxylic acids is 1. The van der Waals surface area contributed by atoms with E-state index in [0.717, 1.165) is 24.0 Å². The smallest absolute Gasteiger partial charge is 0.328 e. The molecule has 0 saturated carbocycles. The van der Waals surface area contributed by atoms with Gasteiger partial charge >= 0.3 is 5.97 Å². The predicted octanol–water partition coefficient (Wildman–Crippen LogP) is 1.38. The summed E-state index contributed by atoms with van der Waals surface area (Å²) < 4.78 is 0. The lowest BCUT2D eigenvalue weighted by atomic mass is 10.3. The minimum absolute atomic E-state index is 0.694. The van der Waals surface area contributed by atoms with Crippen molar-refractivity contribution < 1.29 is 9.90 Å². The standard InChI is InChI=1S/C9H12N2O2/c1-3-8-10-6(2)7(11-8)4-5-9(12)13/h4-5H,3H2,1-2H3,(H,10,11)(H,12,13). The first kappa shape index (κ1) is 9.51. The van der Waals surface area contributed by atoms with Crippen LogP contribution in [0, 0.1) is 6.92 Å². The van der Waals surface area contributed by atoms with Crippen LogP contribution >= 0.6 is 0 Å². The van der Waals surface area contributed by atoms with Crippen molar-refractivity contribution in [2.24, 2.45) is 0 Å². The molecule has 1 rings (SSSR count). The number of nitrogens with one attached hydrogen (secondary N) is 1. The van der Waals surface area contributed by atoms with E-state index in [1.54, 1.807) is 0 Å². The Morgan fingerprint density at radius 2 is 2.38 bits per heavy atom. The molecule has 2 N–H and O–H groups in total. The molecule has 0 aliphatic rings. The number of H-pyrrole nitrogens is 1. The molecule has 0 aliphatic heterocycles. The van der Waals surface area contributed by atoms with Gasteiger partial charge in [0, 0.05) is 18.2 Å². The van der Waals surface area contributed by atoms with Crippen molar-refractivity contribution in [2.75, 3.05) is 0 Å². The molecule has 0 aromatic carbocycles. The van der Waals surface area contributed by atoms with Gasteiger partial charge in [-0.25, -0.2) is 9.78 Å². The average Bonchev–Trinajstić information content (AvgIpc) is 2.43. The maximum absolute atomic E-state index is 10.2. The van der Waals surface area contributed by atoms with Gasteiger partial charge in [-0.1, -0.05) is 6.92 Å². The number of hydrogen-bond acceptors (Lipinski definition) is 2. The lowest BCUT2D eigenvalue weighted by Crippen LogP contribution is -1.86. The molecule has 4 heteroatoms. The third-order valence-corrected chi connectivity index (χ3v) is 1.69. The molecule has 0 bridgehead atoms. The monoisotopic (exact) mass is 180 g/mol. The van der Waals surface area contributed by atoms with Crippen molar-refractivity contribution >= 4 is 12.0 Å². The van der Waals surface area contributed by atoms with E-state index in [1.807, 2.05) is 13.8 Å². The molecule has 0 atom stereocenters. The second kappa shape index (κ2) is 3.89. The third-order valence-electron chi connectivity index (χ3n) is 1.69. The first-order valence-electron chi connectivity index (χ1n) is 4.10. The number of carbonyl (C=O) groups is 1. The van der Waals surface area contributed by atoms with Crippen LogP contribution in [0.2, 0.25) is 0 Å². The highest BCUT2D eigenvalue weighted by atomic mass is 16.4. The Kier molecular flexibility index (Phi) is 2.84. The van der Waals surface area contributed by atoms with Crippen molar-refractivity contribution in [1.29, 1.82) is 0 Å². The Labute approximate surface area is 76.3 Å². The number of imidazole rings is 1. The van der Waals surface area contributed by atoms with Gasteiger partial charge in [0.15, 0.2) is 0 Å². The predicted molar refractivity (Wildman–Crippen MR) is 49.4 cm³/mol. The molecule has 0 saturated heterocycles. The number of carboxylic acid groups (broad SMARTS) is 1. The SMILES string of the molecule is CCc1nc(C=CC(=O)O)c(C)[nH]1. The normalized spacial score (nSPS) is 10.9. The van der Waals surface area contributed by atoms with Crippen LogP contribution in [0.1, 0.15) is 24.1 Å². The van der Waals surface area contributed by atoms with Gasteiger partial charge in [-0.05, 0) is 13.0 Å². The van der Waals surface area contributed by atoms with Crippen molar-refractivity contribution in [3.63, 3.8) is 0 Å². The fourth-order valence-corrected chi connectivity index (χ4v) is 1.02. The highest BCUT2D eigenvalue weighted by molar-refractivity contribution is 5.85. The van der Waals surface area contributed by atoms with E-state index < -0.39 is 5.97 Å². The fourth-order valence-electron chi connectivity index (χ4n) is 1.02. The number of aliphatic carboxylic acids is 1. The number of nitrogens with zero attached hydrogens (tertiary/aromatic N) is 1. The van der Waals surface area contributed by atoms with E-state index in [0.29, 0.717) is 5.69 Å². The number of aromatic nitrogens is 2. The van der Waals surface area contributed by atoms with Crippen LogP contribution in [-0.4, -0.2) is 21.0 Å². The summed E-state index contributed by atoms with van der Waals surface area (Å²) in [4.78, 5) is 17.5. The quantitative estimate of drug-likeness (QED) is 0.690. The number of rotatable bonds is 3. The van der Waals surface area contributed by atoms with Gasteiger partial charge in [0.05, 0.1) is 5.69 Å². The topological polar surface area (TPSA) is 66.0 Å². The Morgan fingerprint density at radius 1 is 1.69 bits per heavy atom. The largest absolute Gasteiger partial charge is 0.478 e. The zero-order valence-electron chi connectivity index (χ0n) is 7.66. The number of aryl methyl sites for hydroxylation is 2. The molecule has 1 aromatic rings. The van der Waals surface area contributed by atoms with E-state index >= 15 is 0 Å². The van der Waals surface area contributed by atoms with Crippen LogP contribution in [0.15, 0.2) is 6.08 Å². The zero-order valence-corrected chi connectivity index (χ0v) is 7.66. The maximum Gasteiger partial charge on any atom is 0.328 e. The summed E-state index contributed by atoms with van der Waals surface area (Å²) in [7, 11) is 0. The summed E-state index contributed by atoms with van der Waals surface area (Å²) in [6, 6.07) is 0. The second-order valence-electron chi connectivity index (χ2n) is 2.72. The minimum Gasteiger partial charge on any atom is -0.478 e. The lowest BCUT2D eigenvalue weighted by Gasteiger charge is -1.84. The molecule has 0 spiro atoms. The molecule has 70 valence electrons. The molecule has 1 heterocycles. The molecule has 1 aromatic heterocycles. The summed E-state index contributed by atoms with van der Waals surface area (Å²) in [5.74, 6) is -0.0806. The van der Waals surface area contributed by atoms with E-state index in [-0.39, 0.29) is 0 Å². The summed E-state index contributed by atoms with van der Waals surface area (Å²) >= 11 is 0. The average molecular weight is 180 g/mol. The Balaban J connectivity index is 2.88. The summed E-state index contributed by atoms with van der Waals surface area (Å²) in [6.07, 6.45) is 3.40. The van der Waals surface area contributed by atoms with E-state index in [4.69, 9.17) is 5.11 Å². The molecule has 0 aliphatic carbocycles. The molecule has 0 unspecified atom stereocenters. The van der Waals surface area contributed by atoms with Crippen LogP contribution in [0.3, 0.4) is 0 Å². The van der Waals surface area contributed by atoms with Gasteiger partial charge in [0.2, 0.25) is 0 Å². The Morgan fingerprint density at radius 3 is 2.85 bits per heavy atom. The fraction of sp³-hybridized carbons (Fsp3) is 0.333. The van der Waals surface area contributed by atoms with Crippen molar-refractivity contribution in [2.45, 2.75) is 20.3 Å². The van der Waals surface area contributed by atoms with Crippen LogP contribution in [-0.2, 0) is 11.2 Å². The maximum atomic E-state index is 10.2. The first-order chi connectivity index (χ1) is 6.13. The minimum atomic E-state index is -0.958. The highest BCUT2D eigenvalue weighted by Gasteiger charge is 2.01. The Hall–Kier alpha value is -1.58. The van der Waals surface area contributed by atoms with Crippen molar-refractivity contribution in [3.05, 3.63) is 23.3 Å². The number of hydrogen-bond donors (Lipinski definition) is 2. The summed E-state index contributed by atoms with van der Waals surface area (Å²) in [6.45, 7) is 3.86. The van der Waals surface area contributed by atoms with Crippen LogP contribution in [0.25, 0.3) is 6.08 Å². The van der Waals surface area contributed by atoms with Crippen molar-refractivity contribution in [3.8, 4) is 0 Å². The molecule has 0 fully saturated rings. The van der Waals surface area contributed by atoms with E-state index in [2.05, 4.69) is 9.97 Å². The van der Waals surface area contributed by atoms with Gasteiger partial charge in [-0.3, -0.25) is 0 Å². The Bertz CT molecular complexity index is 339. The van der Waals surface area contributed by atoms with Gasteiger partial charge in [-0.2, -0.15) is 0 Å². The van der Waals surface area contributed by atoms with Gasteiger partial charge in [0.1, 0.15) is 5.82 Å². The second-order valence-corrected chi connectivity index (χ2v) is 2.72. The highest BCUT2D eigenvalue weighted by Crippen LogP contribution is 2.07. The van der Waals surface area contributed by atoms with Crippen molar-refractivity contribution in [1.82, 2.24) is 9.97 Å². The molecule has 0 radical (unpaired) electrons. The van der Waals surface area contributed by atoms with Crippen LogP contribution in [0.4, 0.5) is 0 Å². The summed E-state index contributed by atoms with van der Waals surface area (Å²) in [5, 5.41) is 8.40. The zero-order chi connectivity index (χ0) is 9.84. The van der Waals surface area contributed by atoms with Gasteiger partial charge in [-0.15, -0.1) is 0 Å². The molecular weight excluding hydrogens is 168 g/mol. The molecule has 4 nitrogen and oxygen atoms in total. The molecule has 0 amide bonds. The van der Waals surface area contributed by atoms with E-state index in [1.165, 1.54) is 6.08 Å². The van der Waals surface area contributed by atoms with Crippen LogP contribution < -0.4 is 0 Å². The van der Waals surface area contributed by atoms with E-state index in [9.17, 15) is 4.79 Å². The van der Waals surface area contributed by atoms with Crippen LogP contribution in [0.5, 0.6) is 0 Å². The molecule has 13 heavy (non-hydrogen) atoms. The number of aromatic amines is 1.